The Morgan fingerprint density at radius 1 is 1.15 bits per heavy atom. The average molecular weight is 328 g/mol. The Labute approximate surface area is 131 Å². The molecular weight excluding hydrogens is 319 g/mol. The number of carbonyl (C=O) groups is 1. The number of amides is 1. The number of benzene rings is 1. The van der Waals surface area contributed by atoms with E-state index in [1.54, 1.807) is 36.4 Å². The van der Waals surface area contributed by atoms with Crippen LogP contribution in [-0.4, -0.2) is 10.9 Å². The maximum absolute atomic E-state index is 11.8. The highest BCUT2D eigenvalue weighted by atomic mass is 35.5. The number of carbonyl (C=O) groups excluding carboxylic acids is 1. The number of halogens is 3. The molecule has 0 fully saturated rings. The Hall–Kier alpha value is -1.55. The molecule has 0 atom stereocenters. The van der Waals surface area contributed by atoms with Gasteiger partial charge in [0.2, 0.25) is 5.91 Å². The van der Waals surface area contributed by atoms with Gasteiger partial charge < -0.3 is 5.32 Å². The average Bonchev–Trinajstić information content (AvgIpc) is 2.38. The highest BCUT2D eigenvalue weighted by Gasteiger charge is 2.03. The van der Waals surface area contributed by atoms with Crippen molar-refractivity contribution in [1.29, 1.82) is 0 Å². The molecule has 102 valence electrons. The van der Waals surface area contributed by atoms with E-state index in [0.717, 1.165) is 0 Å². The van der Waals surface area contributed by atoms with E-state index in [1.165, 1.54) is 12.3 Å². The first-order valence-corrected chi connectivity index (χ1v) is 6.74. The molecule has 0 aliphatic rings. The van der Waals surface area contributed by atoms with Crippen LogP contribution in [-0.2, 0) is 4.79 Å². The van der Waals surface area contributed by atoms with Gasteiger partial charge in [-0.2, -0.15) is 0 Å². The van der Waals surface area contributed by atoms with E-state index in [2.05, 4.69) is 10.3 Å². The molecule has 20 heavy (non-hydrogen) atoms. The minimum atomic E-state index is -0.351. The molecule has 0 aliphatic carbocycles. The first-order chi connectivity index (χ1) is 9.56. The maximum Gasteiger partial charge on any atom is 0.249 e. The molecule has 0 radical (unpaired) electrons. The molecule has 0 bridgehead atoms. The van der Waals surface area contributed by atoms with Crippen molar-refractivity contribution in [2.24, 2.45) is 0 Å². The zero-order valence-electron chi connectivity index (χ0n) is 10.1. The predicted octanol–water partition coefficient (Wildman–Crippen LogP) is 4.69. The standard InChI is InChI=1S/C14H9Cl3N2O/c15-9-6-7-18-13(8-9)19-14(20)5-4-10-11(16)2-1-3-12(10)17/h1-8H,(H,18,19,20)/b5-4+. The van der Waals surface area contributed by atoms with Crippen molar-refractivity contribution in [2.75, 3.05) is 5.32 Å². The normalized spacial score (nSPS) is 10.8. The van der Waals surface area contributed by atoms with E-state index >= 15 is 0 Å². The molecule has 2 rings (SSSR count). The van der Waals surface area contributed by atoms with Crippen LogP contribution in [0.15, 0.2) is 42.6 Å². The highest BCUT2D eigenvalue weighted by Crippen LogP contribution is 2.25. The molecule has 0 aliphatic heterocycles. The van der Waals surface area contributed by atoms with E-state index in [4.69, 9.17) is 34.8 Å². The van der Waals surface area contributed by atoms with Crippen molar-refractivity contribution in [3.8, 4) is 0 Å². The summed E-state index contributed by atoms with van der Waals surface area (Å²) in [6.07, 6.45) is 4.38. The van der Waals surface area contributed by atoms with Gasteiger partial charge in [0.15, 0.2) is 0 Å². The summed E-state index contributed by atoms with van der Waals surface area (Å²) in [5.74, 6) is 0.0214. The van der Waals surface area contributed by atoms with E-state index in [-0.39, 0.29) is 5.91 Å². The quantitative estimate of drug-likeness (QED) is 0.831. The van der Waals surface area contributed by atoms with Crippen molar-refractivity contribution in [2.45, 2.75) is 0 Å². The number of nitrogens with zero attached hydrogens (tertiary/aromatic N) is 1. The zero-order chi connectivity index (χ0) is 14.5. The Morgan fingerprint density at radius 3 is 2.50 bits per heavy atom. The van der Waals surface area contributed by atoms with Crippen molar-refractivity contribution in [3.05, 3.63) is 63.2 Å². The summed E-state index contributed by atoms with van der Waals surface area (Å²) >= 11 is 17.8. The topological polar surface area (TPSA) is 42.0 Å². The smallest absolute Gasteiger partial charge is 0.249 e. The molecule has 0 unspecified atom stereocenters. The Kier molecular flexibility index (Phi) is 5.01. The molecule has 0 spiro atoms. The third kappa shape index (κ3) is 3.97. The van der Waals surface area contributed by atoms with Crippen molar-refractivity contribution in [1.82, 2.24) is 4.98 Å². The number of hydrogen-bond acceptors (Lipinski definition) is 2. The van der Waals surface area contributed by atoms with Gasteiger partial charge in [0.25, 0.3) is 0 Å². The van der Waals surface area contributed by atoms with Gasteiger partial charge in [-0.1, -0.05) is 40.9 Å². The van der Waals surface area contributed by atoms with Crippen LogP contribution in [0.5, 0.6) is 0 Å². The summed E-state index contributed by atoms with van der Waals surface area (Å²) in [4.78, 5) is 15.7. The number of aromatic nitrogens is 1. The number of anilines is 1. The van der Waals surface area contributed by atoms with Crippen molar-refractivity contribution >= 4 is 52.6 Å². The molecule has 1 heterocycles. The number of rotatable bonds is 3. The SMILES string of the molecule is O=C(/C=C/c1c(Cl)cccc1Cl)Nc1cc(Cl)ccn1. The zero-order valence-corrected chi connectivity index (χ0v) is 12.4. The van der Waals surface area contributed by atoms with Crippen LogP contribution in [0.25, 0.3) is 6.08 Å². The molecule has 1 aromatic carbocycles. The van der Waals surface area contributed by atoms with Crippen LogP contribution in [0, 0.1) is 0 Å². The summed E-state index contributed by atoms with van der Waals surface area (Å²) in [6.45, 7) is 0. The first kappa shape index (κ1) is 14.9. The third-order valence-electron chi connectivity index (χ3n) is 2.37. The van der Waals surface area contributed by atoms with Gasteiger partial charge >= 0.3 is 0 Å². The van der Waals surface area contributed by atoms with E-state index in [1.807, 2.05) is 0 Å². The molecule has 1 aromatic heterocycles. The van der Waals surface area contributed by atoms with E-state index in [9.17, 15) is 4.79 Å². The lowest BCUT2D eigenvalue weighted by Gasteiger charge is -2.02. The molecule has 0 saturated heterocycles. The fourth-order valence-corrected chi connectivity index (χ4v) is 2.15. The van der Waals surface area contributed by atoms with Gasteiger partial charge in [-0.25, -0.2) is 4.98 Å². The second kappa shape index (κ2) is 6.75. The number of nitrogens with one attached hydrogen (secondary N) is 1. The minimum absolute atomic E-state index is 0.351. The second-order valence-corrected chi connectivity index (χ2v) is 5.07. The van der Waals surface area contributed by atoms with Crippen LogP contribution in [0.3, 0.4) is 0 Å². The van der Waals surface area contributed by atoms with E-state index < -0.39 is 0 Å². The Morgan fingerprint density at radius 2 is 1.85 bits per heavy atom. The van der Waals surface area contributed by atoms with E-state index in [0.29, 0.717) is 26.4 Å². The largest absolute Gasteiger partial charge is 0.307 e. The monoisotopic (exact) mass is 326 g/mol. The van der Waals surface area contributed by atoms with Gasteiger partial charge in [-0.3, -0.25) is 4.79 Å². The van der Waals surface area contributed by atoms with Gasteiger partial charge in [0.05, 0.1) is 0 Å². The third-order valence-corrected chi connectivity index (χ3v) is 3.27. The molecule has 3 nitrogen and oxygen atoms in total. The summed E-state index contributed by atoms with van der Waals surface area (Å²) in [5, 5.41) is 4.03. The molecule has 6 heteroatoms. The Bertz CT molecular complexity index is 651. The number of hydrogen-bond donors (Lipinski definition) is 1. The molecule has 1 amide bonds. The van der Waals surface area contributed by atoms with Gasteiger partial charge in [-0.15, -0.1) is 0 Å². The highest BCUT2D eigenvalue weighted by molar-refractivity contribution is 6.37. The van der Waals surface area contributed by atoms with Gasteiger partial charge in [-0.05, 0) is 30.3 Å². The lowest BCUT2D eigenvalue weighted by atomic mass is 10.2. The lowest BCUT2D eigenvalue weighted by Crippen LogP contribution is -2.08. The summed E-state index contributed by atoms with van der Waals surface area (Å²) in [5.41, 5.74) is 0.588. The minimum Gasteiger partial charge on any atom is -0.307 e. The van der Waals surface area contributed by atoms with Crippen LogP contribution >= 0.6 is 34.8 Å². The van der Waals surface area contributed by atoms with Crippen LogP contribution in [0.2, 0.25) is 15.1 Å². The fourth-order valence-electron chi connectivity index (χ4n) is 1.47. The molecule has 1 N–H and O–H groups in total. The second-order valence-electron chi connectivity index (χ2n) is 3.82. The number of pyridine rings is 1. The first-order valence-electron chi connectivity index (χ1n) is 5.61. The van der Waals surface area contributed by atoms with Crippen molar-refractivity contribution < 1.29 is 4.79 Å². The van der Waals surface area contributed by atoms with Crippen molar-refractivity contribution in [3.63, 3.8) is 0 Å². The molecular formula is C14H9Cl3N2O. The summed E-state index contributed by atoms with van der Waals surface area (Å²) in [7, 11) is 0. The Balaban J connectivity index is 2.10. The predicted molar refractivity (Wildman–Crippen MR) is 83.4 cm³/mol. The van der Waals surface area contributed by atoms with Gasteiger partial charge in [0, 0.05) is 32.9 Å². The van der Waals surface area contributed by atoms with Crippen LogP contribution < -0.4 is 5.32 Å². The molecule has 0 saturated carbocycles. The molecule has 2 aromatic rings. The van der Waals surface area contributed by atoms with Crippen LogP contribution in [0.4, 0.5) is 5.82 Å². The lowest BCUT2D eigenvalue weighted by molar-refractivity contribution is -0.111. The summed E-state index contributed by atoms with van der Waals surface area (Å²) in [6, 6.07) is 8.30. The summed E-state index contributed by atoms with van der Waals surface area (Å²) < 4.78 is 0. The maximum atomic E-state index is 11.8. The van der Waals surface area contributed by atoms with Crippen LogP contribution in [0.1, 0.15) is 5.56 Å². The fraction of sp³-hybridized carbons (Fsp3) is 0. The van der Waals surface area contributed by atoms with Gasteiger partial charge in [0.1, 0.15) is 5.82 Å².